The lowest BCUT2D eigenvalue weighted by Crippen LogP contribution is -2.29. The Labute approximate surface area is 130 Å². The van der Waals surface area contributed by atoms with Gasteiger partial charge in [0.05, 0.1) is 18.8 Å². The number of aryl methyl sites for hydroxylation is 1. The molecule has 1 aromatic rings. The van der Waals surface area contributed by atoms with Crippen LogP contribution in [0.1, 0.15) is 69.5 Å². The van der Waals surface area contributed by atoms with Crippen LogP contribution in [0, 0.1) is 0 Å². The van der Waals surface area contributed by atoms with Crippen molar-refractivity contribution >= 4 is 0 Å². The summed E-state index contributed by atoms with van der Waals surface area (Å²) < 4.78 is 6.19. The van der Waals surface area contributed by atoms with E-state index in [1.807, 2.05) is 0 Å². The molecule has 0 radical (unpaired) electrons. The van der Waals surface area contributed by atoms with Gasteiger partial charge in [-0.25, -0.2) is 0 Å². The highest BCUT2D eigenvalue weighted by Crippen LogP contribution is 2.22. The Bertz CT molecular complexity index is 381. The fraction of sp³-hybridized carbons (Fsp3) is 0.684. The molecule has 2 nitrogen and oxygen atoms in total. The van der Waals surface area contributed by atoms with E-state index in [1.165, 1.54) is 43.2 Å². The van der Waals surface area contributed by atoms with Crippen LogP contribution in [0.15, 0.2) is 24.3 Å². The summed E-state index contributed by atoms with van der Waals surface area (Å²) in [4.78, 5) is 0. The highest BCUT2D eigenvalue weighted by molar-refractivity contribution is 5.25. The van der Waals surface area contributed by atoms with E-state index in [1.54, 1.807) is 0 Å². The van der Waals surface area contributed by atoms with Crippen LogP contribution < -0.4 is 5.32 Å². The van der Waals surface area contributed by atoms with Gasteiger partial charge < -0.3 is 10.1 Å². The second kappa shape index (κ2) is 9.22. The minimum absolute atomic E-state index is 0.331. The van der Waals surface area contributed by atoms with E-state index in [2.05, 4.69) is 43.4 Å². The Hall–Kier alpha value is -0.860. The van der Waals surface area contributed by atoms with Crippen molar-refractivity contribution < 1.29 is 4.74 Å². The molecular weight excluding hydrogens is 258 g/mol. The van der Waals surface area contributed by atoms with E-state index in [4.69, 9.17) is 4.74 Å². The SMILES string of the molecule is CCCNC(COC1CCCCC1)c1ccc(CC)cc1. The molecule has 1 fully saturated rings. The van der Waals surface area contributed by atoms with Gasteiger partial charge in [-0.15, -0.1) is 0 Å². The summed E-state index contributed by atoms with van der Waals surface area (Å²) in [5, 5.41) is 3.64. The van der Waals surface area contributed by atoms with Crippen molar-refractivity contribution in [3.05, 3.63) is 35.4 Å². The molecule has 0 spiro atoms. The maximum absolute atomic E-state index is 6.19. The number of hydrogen-bond donors (Lipinski definition) is 1. The topological polar surface area (TPSA) is 21.3 Å². The molecule has 118 valence electrons. The smallest absolute Gasteiger partial charge is 0.0665 e. The molecule has 0 aromatic heterocycles. The largest absolute Gasteiger partial charge is 0.376 e. The van der Waals surface area contributed by atoms with Gasteiger partial charge in [0.1, 0.15) is 0 Å². The van der Waals surface area contributed by atoms with Gasteiger partial charge in [-0.1, -0.05) is 57.4 Å². The van der Waals surface area contributed by atoms with Gasteiger partial charge in [-0.2, -0.15) is 0 Å². The minimum atomic E-state index is 0.331. The molecule has 1 aliphatic rings. The van der Waals surface area contributed by atoms with Crippen molar-refractivity contribution in [2.24, 2.45) is 0 Å². The lowest BCUT2D eigenvalue weighted by molar-refractivity contribution is 0.0156. The van der Waals surface area contributed by atoms with Crippen LogP contribution >= 0.6 is 0 Å². The van der Waals surface area contributed by atoms with Gasteiger partial charge in [0.15, 0.2) is 0 Å². The molecule has 1 N–H and O–H groups in total. The van der Waals surface area contributed by atoms with Gasteiger partial charge in [-0.3, -0.25) is 0 Å². The van der Waals surface area contributed by atoms with E-state index < -0.39 is 0 Å². The third kappa shape index (κ3) is 5.44. The third-order valence-corrected chi connectivity index (χ3v) is 4.48. The Kier molecular flexibility index (Phi) is 7.25. The summed E-state index contributed by atoms with van der Waals surface area (Å²) in [7, 11) is 0. The van der Waals surface area contributed by atoms with E-state index in [-0.39, 0.29) is 0 Å². The number of hydrogen-bond acceptors (Lipinski definition) is 2. The van der Waals surface area contributed by atoms with Crippen molar-refractivity contribution in [1.82, 2.24) is 5.32 Å². The molecular formula is C19H31NO. The molecule has 0 aliphatic heterocycles. The zero-order chi connectivity index (χ0) is 14.9. The first kappa shape index (κ1) is 16.5. The first-order valence-corrected chi connectivity index (χ1v) is 8.77. The summed E-state index contributed by atoms with van der Waals surface area (Å²) in [6, 6.07) is 9.35. The molecule has 2 heteroatoms. The molecule has 0 heterocycles. The summed E-state index contributed by atoms with van der Waals surface area (Å²) in [5.74, 6) is 0. The lowest BCUT2D eigenvalue weighted by atomic mass is 9.97. The van der Waals surface area contributed by atoms with Crippen LogP contribution in [-0.2, 0) is 11.2 Å². The molecule has 2 rings (SSSR count). The molecule has 1 saturated carbocycles. The van der Waals surface area contributed by atoms with Crippen LogP contribution in [0.25, 0.3) is 0 Å². The predicted octanol–water partition coefficient (Wildman–Crippen LogP) is 4.64. The fourth-order valence-electron chi connectivity index (χ4n) is 3.04. The monoisotopic (exact) mass is 289 g/mol. The zero-order valence-electron chi connectivity index (χ0n) is 13.7. The van der Waals surface area contributed by atoms with E-state index in [0.717, 1.165) is 26.0 Å². The predicted molar refractivity (Wildman–Crippen MR) is 89.7 cm³/mol. The van der Waals surface area contributed by atoms with Crippen LogP contribution in [-0.4, -0.2) is 19.3 Å². The third-order valence-electron chi connectivity index (χ3n) is 4.48. The molecule has 1 atom stereocenters. The second-order valence-electron chi connectivity index (χ2n) is 6.20. The van der Waals surface area contributed by atoms with Gasteiger partial charge >= 0.3 is 0 Å². The highest BCUT2D eigenvalue weighted by atomic mass is 16.5. The second-order valence-corrected chi connectivity index (χ2v) is 6.20. The Morgan fingerprint density at radius 1 is 1.10 bits per heavy atom. The maximum atomic E-state index is 6.19. The molecule has 1 aromatic carbocycles. The van der Waals surface area contributed by atoms with Crippen LogP contribution in [0.2, 0.25) is 0 Å². The van der Waals surface area contributed by atoms with Gasteiger partial charge in [-0.05, 0) is 43.4 Å². The maximum Gasteiger partial charge on any atom is 0.0665 e. The van der Waals surface area contributed by atoms with E-state index >= 15 is 0 Å². The fourth-order valence-corrected chi connectivity index (χ4v) is 3.04. The van der Waals surface area contributed by atoms with Crippen molar-refractivity contribution in [3.8, 4) is 0 Å². The van der Waals surface area contributed by atoms with Crippen molar-refractivity contribution in [3.63, 3.8) is 0 Å². The first-order valence-electron chi connectivity index (χ1n) is 8.77. The molecule has 1 unspecified atom stereocenters. The summed E-state index contributed by atoms with van der Waals surface area (Å²) in [6.07, 6.45) is 9.30. The van der Waals surface area contributed by atoms with Crippen molar-refractivity contribution in [2.75, 3.05) is 13.2 Å². The number of benzene rings is 1. The molecule has 0 bridgehead atoms. The molecule has 21 heavy (non-hydrogen) atoms. The van der Waals surface area contributed by atoms with Gasteiger partial charge in [0, 0.05) is 0 Å². The quantitative estimate of drug-likeness (QED) is 0.753. The standard InChI is InChI=1S/C19H31NO/c1-3-14-20-19(15-21-18-8-6-5-7-9-18)17-12-10-16(4-2)11-13-17/h10-13,18-20H,3-9,14-15H2,1-2H3. The molecule has 0 amide bonds. The summed E-state index contributed by atoms with van der Waals surface area (Å²) in [6.45, 7) is 6.27. The highest BCUT2D eigenvalue weighted by Gasteiger charge is 2.17. The normalized spacial score (nSPS) is 17.8. The van der Waals surface area contributed by atoms with Crippen LogP contribution in [0.3, 0.4) is 0 Å². The first-order chi connectivity index (χ1) is 10.3. The number of ether oxygens (including phenoxy) is 1. The van der Waals surface area contributed by atoms with Gasteiger partial charge in [0.25, 0.3) is 0 Å². The summed E-state index contributed by atoms with van der Waals surface area (Å²) >= 11 is 0. The number of rotatable bonds is 8. The molecule has 1 aliphatic carbocycles. The summed E-state index contributed by atoms with van der Waals surface area (Å²) in [5.41, 5.74) is 2.76. The Morgan fingerprint density at radius 3 is 2.43 bits per heavy atom. The van der Waals surface area contributed by atoms with E-state index in [9.17, 15) is 0 Å². The Balaban J connectivity index is 1.91. The lowest BCUT2D eigenvalue weighted by Gasteiger charge is -2.26. The average Bonchev–Trinajstić information content (AvgIpc) is 2.56. The van der Waals surface area contributed by atoms with E-state index in [0.29, 0.717) is 12.1 Å². The van der Waals surface area contributed by atoms with Crippen LogP contribution in [0.5, 0.6) is 0 Å². The van der Waals surface area contributed by atoms with Crippen molar-refractivity contribution in [1.29, 1.82) is 0 Å². The minimum Gasteiger partial charge on any atom is -0.376 e. The molecule has 0 saturated heterocycles. The Morgan fingerprint density at radius 2 is 1.81 bits per heavy atom. The zero-order valence-corrected chi connectivity index (χ0v) is 13.7. The average molecular weight is 289 g/mol. The number of nitrogens with one attached hydrogen (secondary N) is 1. The van der Waals surface area contributed by atoms with Crippen LogP contribution in [0.4, 0.5) is 0 Å². The van der Waals surface area contributed by atoms with Gasteiger partial charge in [0.2, 0.25) is 0 Å². The van der Waals surface area contributed by atoms with Crippen molar-refractivity contribution in [2.45, 2.75) is 70.9 Å².